The molecule has 3 unspecified atom stereocenters. The van der Waals surface area contributed by atoms with Crippen LogP contribution in [-0.2, 0) is 0 Å². The van der Waals surface area contributed by atoms with Crippen molar-refractivity contribution in [1.82, 2.24) is 15.1 Å². The Kier molecular flexibility index (Phi) is 4.42. The number of hydrogen-bond acceptors (Lipinski definition) is 6. The number of nitrogens with two attached hydrogens (primary N) is 1. The summed E-state index contributed by atoms with van der Waals surface area (Å²) in [5.41, 5.74) is 10.3. The number of thiophene rings is 1. The predicted molar refractivity (Wildman–Crippen MR) is 106 cm³/mol. The van der Waals surface area contributed by atoms with E-state index in [0.29, 0.717) is 11.6 Å². The van der Waals surface area contributed by atoms with Gasteiger partial charge in [0.2, 0.25) is 0 Å². The van der Waals surface area contributed by atoms with Gasteiger partial charge in [-0.2, -0.15) is 5.10 Å². The fraction of sp³-hybridized carbons (Fsp3) is 0.400. The van der Waals surface area contributed by atoms with Crippen LogP contribution >= 0.6 is 11.3 Å². The Hall–Kier alpha value is -2.02. The van der Waals surface area contributed by atoms with E-state index in [1.807, 2.05) is 19.9 Å². The van der Waals surface area contributed by atoms with E-state index < -0.39 is 6.23 Å². The summed E-state index contributed by atoms with van der Waals surface area (Å²) in [6.07, 6.45) is 0.322. The molecule has 3 N–H and O–H groups in total. The van der Waals surface area contributed by atoms with Crippen molar-refractivity contribution in [1.29, 1.82) is 0 Å². The van der Waals surface area contributed by atoms with Crippen LogP contribution in [0.15, 0.2) is 30.3 Å². The van der Waals surface area contributed by atoms with Crippen molar-refractivity contribution < 1.29 is 5.11 Å². The second-order valence-corrected chi connectivity index (χ2v) is 8.16. The lowest BCUT2D eigenvalue weighted by molar-refractivity contribution is -0.00148. The van der Waals surface area contributed by atoms with E-state index in [1.165, 1.54) is 16.9 Å². The largest absolute Gasteiger partial charge is 0.397 e. The molecule has 26 heavy (non-hydrogen) atoms. The van der Waals surface area contributed by atoms with Crippen molar-refractivity contribution in [3.05, 3.63) is 52.0 Å². The Bertz CT molecular complexity index is 940. The molecule has 0 bridgehead atoms. The Balaban J connectivity index is 1.66. The van der Waals surface area contributed by atoms with E-state index in [0.717, 1.165) is 39.3 Å². The minimum atomic E-state index is -0.711. The number of benzene rings is 1. The first kappa shape index (κ1) is 17.4. The highest BCUT2D eigenvalue weighted by atomic mass is 32.1. The fourth-order valence-electron chi connectivity index (χ4n) is 4.05. The number of rotatable bonds is 3. The molecule has 0 aliphatic carbocycles. The Morgan fingerprint density at radius 1 is 1.23 bits per heavy atom. The highest BCUT2D eigenvalue weighted by Crippen LogP contribution is 2.43. The molecule has 2 aromatic heterocycles. The molecule has 1 aliphatic heterocycles. The van der Waals surface area contributed by atoms with E-state index >= 15 is 0 Å². The van der Waals surface area contributed by atoms with Gasteiger partial charge in [-0.25, -0.2) is 0 Å². The molecule has 3 atom stereocenters. The lowest BCUT2D eigenvalue weighted by Crippen LogP contribution is -2.33. The summed E-state index contributed by atoms with van der Waals surface area (Å²) >= 11 is 1.45. The van der Waals surface area contributed by atoms with Gasteiger partial charge in [0.15, 0.2) is 0 Å². The van der Waals surface area contributed by atoms with Crippen LogP contribution in [0.2, 0.25) is 0 Å². The third kappa shape index (κ3) is 2.69. The van der Waals surface area contributed by atoms with Gasteiger partial charge >= 0.3 is 0 Å². The minimum Gasteiger partial charge on any atom is -0.397 e. The second-order valence-electron chi connectivity index (χ2n) is 7.13. The number of likely N-dealkylation sites (tertiary alicyclic amines) is 1. The molecule has 3 heterocycles. The number of aryl methyl sites for hydroxylation is 2. The molecule has 6 heteroatoms. The maximum Gasteiger partial charge on any atom is 0.148 e. The molecule has 1 aliphatic rings. The Labute approximate surface area is 157 Å². The minimum absolute atomic E-state index is 0.242. The highest BCUT2D eigenvalue weighted by Gasteiger charge is 2.37. The summed E-state index contributed by atoms with van der Waals surface area (Å²) in [5.74, 6) is 0.422. The summed E-state index contributed by atoms with van der Waals surface area (Å²) in [6.45, 7) is 6.98. The van der Waals surface area contributed by atoms with Gasteiger partial charge in [-0.3, -0.25) is 4.90 Å². The van der Waals surface area contributed by atoms with Crippen molar-refractivity contribution in [2.24, 2.45) is 0 Å². The van der Waals surface area contributed by atoms with Crippen LogP contribution in [0.1, 0.15) is 47.2 Å². The Morgan fingerprint density at radius 3 is 2.69 bits per heavy atom. The standard InChI is InChI=1S/C20H24N4OS/c1-11-12(2)22-23-19-16(11)17(21)18(26-19)20(25)24-10-9-15(13(24)3)14-7-5-4-6-8-14/h4-8,13,15,20,25H,9-10,21H2,1-3H3. The monoisotopic (exact) mass is 368 g/mol. The normalized spacial score (nSPS) is 22.2. The first-order chi connectivity index (χ1) is 12.5. The summed E-state index contributed by atoms with van der Waals surface area (Å²) in [4.78, 5) is 3.73. The Morgan fingerprint density at radius 2 is 1.96 bits per heavy atom. The zero-order chi connectivity index (χ0) is 18.4. The molecule has 5 nitrogen and oxygen atoms in total. The maximum atomic E-state index is 11.1. The van der Waals surface area contributed by atoms with Crippen LogP contribution in [0.5, 0.6) is 0 Å². The number of aromatic nitrogens is 2. The SMILES string of the molecule is Cc1nnc2sc(C(O)N3CCC(c4ccccc4)C3C)c(N)c2c1C. The van der Waals surface area contributed by atoms with Crippen LogP contribution in [-0.4, -0.2) is 32.8 Å². The zero-order valence-corrected chi connectivity index (χ0v) is 16.1. The van der Waals surface area contributed by atoms with Gasteiger partial charge in [0.1, 0.15) is 11.1 Å². The average molecular weight is 369 g/mol. The van der Waals surface area contributed by atoms with Crippen LogP contribution in [0.3, 0.4) is 0 Å². The van der Waals surface area contributed by atoms with Crippen molar-refractivity contribution in [3.8, 4) is 0 Å². The summed E-state index contributed by atoms with van der Waals surface area (Å²) in [7, 11) is 0. The third-order valence-electron chi connectivity index (χ3n) is 5.74. The van der Waals surface area contributed by atoms with Crippen LogP contribution in [0.25, 0.3) is 10.2 Å². The van der Waals surface area contributed by atoms with Crippen LogP contribution < -0.4 is 5.73 Å². The summed E-state index contributed by atoms with van der Waals surface area (Å²) < 4.78 is 0. The molecule has 1 aromatic carbocycles. The number of fused-ring (bicyclic) bond motifs is 1. The quantitative estimate of drug-likeness (QED) is 0.736. The fourth-order valence-corrected chi connectivity index (χ4v) is 5.16. The zero-order valence-electron chi connectivity index (χ0n) is 15.3. The molecule has 1 fully saturated rings. The molecule has 0 radical (unpaired) electrons. The first-order valence-corrected chi connectivity index (χ1v) is 9.81. The molecule has 0 saturated carbocycles. The average Bonchev–Trinajstić information content (AvgIpc) is 3.19. The van der Waals surface area contributed by atoms with Gasteiger partial charge in [0.25, 0.3) is 0 Å². The van der Waals surface area contributed by atoms with Gasteiger partial charge in [0, 0.05) is 23.9 Å². The molecule has 0 amide bonds. The van der Waals surface area contributed by atoms with Gasteiger partial charge in [0.05, 0.1) is 16.3 Å². The van der Waals surface area contributed by atoms with Gasteiger partial charge < -0.3 is 10.8 Å². The number of aliphatic hydroxyl groups is 1. The highest BCUT2D eigenvalue weighted by molar-refractivity contribution is 7.19. The number of aliphatic hydroxyl groups excluding tert-OH is 1. The van der Waals surface area contributed by atoms with Gasteiger partial charge in [-0.1, -0.05) is 30.3 Å². The second kappa shape index (κ2) is 6.61. The summed E-state index contributed by atoms with van der Waals surface area (Å²) in [5, 5.41) is 20.5. The van der Waals surface area contributed by atoms with E-state index in [9.17, 15) is 5.11 Å². The van der Waals surface area contributed by atoms with Gasteiger partial charge in [-0.15, -0.1) is 16.4 Å². The maximum absolute atomic E-state index is 11.1. The number of anilines is 1. The van der Waals surface area contributed by atoms with E-state index in [4.69, 9.17) is 5.73 Å². The molecule has 3 aromatic rings. The van der Waals surface area contributed by atoms with E-state index in [-0.39, 0.29) is 6.04 Å². The van der Waals surface area contributed by atoms with Gasteiger partial charge in [-0.05, 0) is 38.3 Å². The van der Waals surface area contributed by atoms with Crippen molar-refractivity contribution in [2.75, 3.05) is 12.3 Å². The number of hydrogen-bond donors (Lipinski definition) is 2. The van der Waals surface area contributed by atoms with Crippen LogP contribution in [0.4, 0.5) is 5.69 Å². The lowest BCUT2D eigenvalue weighted by atomic mass is 9.93. The third-order valence-corrected chi connectivity index (χ3v) is 6.87. The van der Waals surface area contributed by atoms with Crippen LogP contribution in [0, 0.1) is 13.8 Å². The van der Waals surface area contributed by atoms with E-state index in [1.54, 1.807) is 0 Å². The molecule has 0 spiro atoms. The topological polar surface area (TPSA) is 75.3 Å². The first-order valence-electron chi connectivity index (χ1n) is 8.99. The number of nitrogen functional groups attached to an aromatic ring is 1. The molecule has 4 rings (SSSR count). The molecular weight excluding hydrogens is 344 g/mol. The van der Waals surface area contributed by atoms with Crippen molar-refractivity contribution in [2.45, 2.75) is 45.4 Å². The molecule has 1 saturated heterocycles. The predicted octanol–water partition coefficient (Wildman–Crippen LogP) is 3.76. The summed E-state index contributed by atoms with van der Waals surface area (Å²) in [6, 6.07) is 10.8. The van der Waals surface area contributed by atoms with Crippen molar-refractivity contribution >= 4 is 27.2 Å². The lowest BCUT2D eigenvalue weighted by Gasteiger charge is -2.29. The van der Waals surface area contributed by atoms with E-state index in [2.05, 4.69) is 46.3 Å². The molecular formula is C20H24N4OS. The van der Waals surface area contributed by atoms with Crippen molar-refractivity contribution in [3.63, 3.8) is 0 Å². The number of nitrogens with zero attached hydrogens (tertiary/aromatic N) is 3. The molecule has 136 valence electrons. The smallest absolute Gasteiger partial charge is 0.148 e.